The normalized spacial score (nSPS) is 15.1. The molecule has 0 bridgehead atoms. The van der Waals surface area contributed by atoms with Crippen molar-refractivity contribution >= 4 is 22.8 Å². The van der Waals surface area contributed by atoms with Crippen LogP contribution < -0.4 is 0 Å². The molecule has 1 fully saturated rings. The number of hydrogen-bond donors (Lipinski definition) is 4. The van der Waals surface area contributed by atoms with Crippen molar-refractivity contribution in [3.8, 4) is 0 Å². The van der Waals surface area contributed by atoms with E-state index in [1.807, 2.05) is 0 Å². The fraction of sp³-hybridized carbons (Fsp3) is 0.667. The molecule has 0 unspecified atom stereocenters. The van der Waals surface area contributed by atoms with Crippen LogP contribution in [0.3, 0.4) is 0 Å². The first-order valence-corrected chi connectivity index (χ1v) is 7.53. The summed E-state index contributed by atoms with van der Waals surface area (Å²) in [7, 11) is 0. The summed E-state index contributed by atoms with van der Waals surface area (Å²) in [4.78, 5) is 0. The van der Waals surface area contributed by atoms with E-state index < -0.39 is 0 Å². The third kappa shape index (κ3) is 22.3. The molecule has 1 radical (unpaired) electrons. The van der Waals surface area contributed by atoms with E-state index >= 15 is 0 Å². The van der Waals surface area contributed by atoms with Crippen LogP contribution >= 0.6 is 0 Å². The first-order chi connectivity index (χ1) is 11.4. The first-order valence-electron chi connectivity index (χ1n) is 7.53. The molecule has 0 saturated carbocycles. The van der Waals surface area contributed by atoms with E-state index in [-0.39, 0.29) is 16.8 Å². The summed E-state index contributed by atoms with van der Waals surface area (Å²) in [5.74, 6) is 0. The van der Waals surface area contributed by atoms with E-state index in [0.29, 0.717) is 22.8 Å². The van der Waals surface area contributed by atoms with Crippen molar-refractivity contribution in [1.82, 2.24) is 0 Å². The van der Waals surface area contributed by atoms with Crippen LogP contribution in [0.2, 0.25) is 0 Å². The van der Waals surface area contributed by atoms with Crippen molar-refractivity contribution in [3.63, 3.8) is 0 Å². The Morgan fingerprint density at radius 1 is 0.640 bits per heavy atom. The molecule has 0 aromatic heterocycles. The molecule has 0 spiro atoms. The fourth-order valence-corrected chi connectivity index (χ4v) is 1.03. The van der Waals surface area contributed by atoms with Crippen LogP contribution in [0.15, 0.2) is 20.6 Å². The fourth-order valence-electron chi connectivity index (χ4n) is 1.03. The second kappa shape index (κ2) is 24.6. The Morgan fingerprint density at radius 2 is 0.880 bits per heavy atom. The maximum absolute atomic E-state index is 8.03. The molecule has 0 aliphatic carbocycles. The molecule has 25 heavy (non-hydrogen) atoms. The van der Waals surface area contributed by atoms with Crippen LogP contribution in [0, 0.1) is 6.92 Å². The second-order valence-corrected chi connectivity index (χ2v) is 4.47. The summed E-state index contributed by atoms with van der Waals surface area (Å²) < 4.78 is 0. The minimum atomic E-state index is 0. The number of oxime groups is 4. The summed E-state index contributed by atoms with van der Waals surface area (Å²) in [5, 5.41) is 47.4. The van der Waals surface area contributed by atoms with Crippen molar-refractivity contribution < 1.29 is 37.6 Å². The third-order valence-corrected chi connectivity index (χ3v) is 2.78. The predicted octanol–water partition coefficient (Wildman–Crippen LogP) is 3.76. The maximum atomic E-state index is 8.03. The molecule has 0 atom stereocenters. The van der Waals surface area contributed by atoms with Crippen LogP contribution in [0.25, 0.3) is 5.32 Å². The van der Waals surface area contributed by atoms with Crippen LogP contribution in [0.4, 0.5) is 0 Å². The third-order valence-electron chi connectivity index (χ3n) is 2.78. The monoisotopic (exact) mass is 404 g/mol. The van der Waals surface area contributed by atoms with Gasteiger partial charge in [0.1, 0.15) is 22.8 Å². The number of rotatable bonds is 2. The van der Waals surface area contributed by atoms with Gasteiger partial charge in [0.2, 0.25) is 0 Å². The molecule has 1 rings (SSSR count). The van der Waals surface area contributed by atoms with Gasteiger partial charge in [-0.05, 0) is 27.7 Å². The number of hydrogen-bond acceptors (Lipinski definition) is 8. The summed E-state index contributed by atoms with van der Waals surface area (Å²) in [6.07, 6.45) is 4.07. The molecule has 4 N–H and O–H groups in total. The second-order valence-electron chi connectivity index (χ2n) is 4.47. The Kier molecular flexibility index (Phi) is 30.6. The van der Waals surface area contributed by atoms with E-state index in [9.17, 15) is 0 Å². The smallest absolute Gasteiger partial charge is 0.662 e. The Hall–Kier alpha value is -1.65. The van der Waals surface area contributed by atoms with Crippen molar-refractivity contribution in [2.24, 2.45) is 20.6 Å². The van der Waals surface area contributed by atoms with Crippen molar-refractivity contribution in [2.45, 2.75) is 53.9 Å². The minimum Gasteiger partial charge on any atom is -0.662 e. The van der Waals surface area contributed by atoms with Crippen molar-refractivity contribution in [2.75, 3.05) is 13.1 Å². The van der Waals surface area contributed by atoms with Gasteiger partial charge in [-0.3, -0.25) is 0 Å². The minimum absolute atomic E-state index is 0. The van der Waals surface area contributed by atoms with E-state index in [1.165, 1.54) is 47.0 Å². The van der Waals surface area contributed by atoms with Crippen LogP contribution in [0.5, 0.6) is 0 Å². The van der Waals surface area contributed by atoms with Gasteiger partial charge in [-0.1, -0.05) is 39.9 Å². The van der Waals surface area contributed by atoms with Crippen LogP contribution in [0.1, 0.15) is 53.9 Å². The van der Waals surface area contributed by atoms with E-state index in [0.717, 1.165) is 13.1 Å². The summed E-state index contributed by atoms with van der Waals surface area (Å²) in [5.41, 5.74) is 1.25. The quantitative estimate of drug-likeness (QED) is 0.240. The average molecular weight is 404 g/mol. The molecule has 0 aromatic rings. The summed E-state index contributed by atoms with van der Waals surface area (Å²) >= 11 is 0. The topological polar surface area (TPSA) is 144 Å². The zero-order valence-electron chi connectivity index (χ0n) is 15.6. The Labute approximate surface area is 160 Å². The summed E-state index contributed by atoms with van der Waals surface area (Å²) in [6.45, 7) is 13.4. The molecule has 1 aliphatic heterocycles. The molecule has 9 nitrogen and oxygen atoms in total. The van der Waals surface area contributed by atoms with Gasteiger partial charge in [-0.15, -0.1) is 13.1 Å². The Morgan fingerprint density at radius 3 is 0.960 bits per heavy atom. The molecule has 0 amide bonds. The van der Waals surface area contributed by atoms with Crippen molar-refractivity contribution in [1.29, 1.82) is 0 Å². The van der Waals surface area contributed by atoms with Crippen LogP contribution in [-0.2, 0) is 16.8 Å². The molecule has 0 aromatic carbocycles. The molecule has 1 aliphatic rings. The van der Waals surface area contributed by atoms with Crippen LogP contribution in [-0.4, -0.2) is 56.8 Å². The Bertz CT molecular complexity index is 333. The van der Waals surface area contributed by atoms with E-state index in [4.69, 9.17) is 20.8 Å². The molecular formula is C15H31CoN5O4. The van der Waals surface area contributed by atoms with Gasteiger partial charge in [0.25, 0.3) is 0 Å². The average Bonchev–Trinajstić information content (AvgIpc) is 2.69. The van der Waals surface area contributed by atoms with Crippen molar-refractivity contribution in [3.05, 3.63) is 12.2 Å². The predicted molar refractivity (Wildman–Crippen MR) is 97.6 cm³/mol. The molecule has 1 saturated heterocycles. The van der Waals surface area contributed by atoms with E-state index in [1.54, 1.807) is 6.92 Å². The van der Waals surface area contributed by atoms with Gasteiger partial charge in [0.05, 0.1) is 0 Å². The molecule has 149 valence electrons. The maximum Gasteiger partial charge on any atom is 2.00 e. The Balaban J connectivity index is -0.000000124. The standard InChI is InChI=1S/C5H10N.2C4H8N2O2.C2H5.Co/c1-2-4-6-5-3-1;2*1-3(5-7)4(2)6-8;1-2;/h1-5H2;2*7-8H,1-2H3;1H2,2H3;/q-1;;;-1;+2/b;2*5-3+,6-4+;;. The summed E-state index contributed by atoms with van der Waals surface area (Å²) in [6, 6.07) is 0. The molecular weight excluding hydrogens is 373 g/mol. The van der Waals surface area contributed by atoms with Gasteiger partial charge in [-0.25, -0.2) is 0 Å². The number of nitrogens with zero attached hydrogens (tertiary/aromatic N) is 5. The zero-order valence-corrected chi connectivity index (χ0v) is 16.6. The van der Waals surface area contributed by atoms with Gasteiger partial charge in [-0.2, -0.15) is 6.92 Å². The van der Waals surface area contributed by atoms with Gasteiger partial charge in [0, 0.05) is 0 Å². The van der Waals surface area contributed by atoms with Gasteiger partial charge >= 0.3 is 16.8 Å². The molecule has 10 heteroatoms. The first kappa shape index (κ1) is 31.1. The number of piperidine rings is 1. The zero-order chi connectivity index (χ0) is 19.4. The molecule has 1 heterocycles. The van der Waals surface area contributed by atoms with Gasteiger partial charge in [0.15, 0.2) is 0 Å². The SMILES string of the molecule is C1CC[N-]CC1.CC(=N\O)/C(C)=N/O.CC(=N\O)/C(C)=N/O.[CH2-]C.[Co+2]. The largest absolute Gasteiger partial charge is 2.00 e. The van der Waals surface area contributed by atoms with Gasteiger partial charge < -0.3 is 33.1 Å². The van der Waals surface area contributed by atoms with E-state index in [2.05, 4.69) is 32.9 Å².